The van der Waals surface area contributed by atoms with E-state index in [1.54, 1.807) is 6.07 Å². The number of Topliss-reactive ketones (excluding diaryl/α,β-unsaturated/α-hetero) is 1. The van der Waals surface area contributed by atoms with Crippen molar-refractivity contribution in [2.45, 2.75) is 27.7 Å². The van der Waals surface area contributed by atoms with Crippen molar-refractivity contribution in [3.8, 4) is 5.75 Å². The smallest absolute Gasteiger partial charge is 0.167 e. The third-order valence-corrected chi connectivity index (χ3v) is 4.72. The second-order valence-electron chi connectivity index (χ2n) is 6.09. The molecule has 0 spiro atoms. The molecule has 0 atom stereocenters. The van der Waals surface area contributed by atoms with E-state index in [0.717, 1.165) is 0 Å². The minimum Gasteiger partial charge on any atom is -0.494 e. The van der Waals surface area contributed by atoms with E-state index in [1.807, 2.05) is 0 Å². The Bertz CT molecular complexity index is 489. The van der Waals surface area contributed by atoms with Gasteiger partial charge in [-0.15, -0.1) is 0 Å². The molecule has 0 N–H and O–H groups in total. The summed E-state index contributed by atoms with van der Waals surface area (Å²) in [5, 5.41) is 0. The third kappa shape index (κ3) is 1.64. The summed E-state index contributed by atoms with van der Waals surface area (Å²) in [5.74, 6) is -0.343. The van der Waals surface area contributed by atoms with Crippen LogP contribution in [0.3, 0.4) is 0 Å². The van der Waals surface area contributed by atoms with Crippen LogP contribution >= 0.6 is 0 Å². The Labute approximate surface area is 107 Å². The number of ether oxygens (including phenoxy) is 1. The number of halogens is 1. The quantitative estimate of drug-likeness (QED) is 0.765. The minimum atomic E-state index is -0.486. The van der Waals surface area contributed by atoms with Gasteiger partial charge in [-0.1, -0.05) is 27.7 Å². The molecular weight excluding hydrogens is 231 g/mol. The van der Waals surface area contributed by atoms with Crippen LogP contribution in [0, 0.1) is 22.6 Å². The number of hydrogen-bond donors (Lipinski definition) is 0. The molecule has 1 aromatic carbocycles. The second-order valence-corrected chi connectivity index (χ2v) is 6.09. The molecule has 18 heavy (non-hydrogen) atoms. The molecule has 0 unspecified atom stereocenters. The van der Waals surface area contributed by atoms with Gasteiger partial charge in [-0.2, -0.15) is 0 Å². The van der Waals surface area contributed by atoms with Crippen LogP contribution in [0.5, 0.6) is 5.75 Å². The number of hydrogen-bond acceptors (Lipinski definition) is 2. The predicted octanol–water partition coefficient (Wildman–Crippen LogP) is 3.70. The molecule has 0 heterocycles. The van der Waals surface area contributed by atoms with E-state index in [1.165, 1.54) is 19.2 Å². The summed E-state index contributed by atoms with van der Waals surface area (Å²) in [5.41, 5.74) is 0.373. The van der Waals surface area contributed by atoms with Crippen molar-refractivity contribution in [2.24, 2.45) is 16.7 Å². The largest absolute Gasteiger partial charge is 0.494 e. The van der Waals surface area contributed by atoms with Crippen molar-refractivity contribution in [3.05, 3.63) is 29.6 Å². The van der Waals surface area contributed by atoms with E-state index in [2.05, 4.69) is 27.7 Å². The summed E-state index contributed by atoms with van der Waals surface area (Å²) in [6, 6.07) is 4.41. The van der Waals surface area contributed by atoms with Gasteiger partial charge in [0.25, 0.3) is 0 Å². The Morgan fingerprint density at radius 2 is 1.78 bits per heavy atom. The Balaban J connectivity index is 2.29. The zero-order valence-electron chi connectivity index (χ0n) is 11.5. The molecule has 1 fully saturated rings. The lowest BCUT2D eigenvalue weighted by Crippen LogP contribution is -2.08. The fourth-order valence-electron chi connectivity index (χ4n) is 2.84. The molecule has 3 heteroatoms. The lowest BCUT2D eigenvalue weighted by molar-refractivity contribution is 0.0944. The molecule has 0 bridgehead atoms. The third-order valence-electron chi connectivity index (χ3n) is 4.72. The van der Waals surface area contributed by atoms with Crippen LogP contribution in [-0.2, 0) is 0 Å². The first-order chi connectivity index (χ1) is 8.23. The van der Waals surface area contributed by atoms with Crippen molar-refractivity contribution in [1.29, 1.82) is 0 Å². The Kier molecular flexibility index (Phi) is 2.76. The molecule has 98 valence electrons. The van der Waals surface area contributed by atoms with E-state index in [-0.39, 0.29) is 28.3 Å². The van der Waals surface area contributed by atoms with Gasteiger partial charge in [0.1, 0.15) is 0 Å². The standard InChI is InChI=1S/C15H19FO2/c1-14(2)13(15(14,3)4)12(17)9-6-7-11(18-5)10(16)8-9/h6-8,13H,1-5H3. The van der Waals surface area contributed by atoms with E-state index in [0.29, 0.717) is 5.56 Å². The molecule has 1 aliphatic carbocycles. The van der Waals surface area contributed by atoms with Gasteiger partial charge in [-0.05, 0) is 29.0 Å². The predicted molar refractivity (Wildman–Crippen MR) is 68.3 cm³/mol. The Hall–Kier alpha value is -1.38. The first kappa shape index (κ1) is 13.1. The Morgan fingerprint density at radius 1 is 1.22 bits per heavy atom. The molecule has 1 aliphatic rings. The van der Waals surface area contributed by atoms with Crippen LogP contribution in [0.2, 0.25) is 0 Å². The van der Waals surface area contributed by atoms with Crippen LogP contribution in [-0.4, -0.2) is 12.9 Å². The van der Waals surface area contributed by atoms with E-state index >= 15 is 0 Å². The fraction of sp³-hybridized carbons (Fsp3) is 0.533. The van der Waals surface area contributed by atoms with Gasteiger partial charge < -0.3 is 4.74 Å². The fourth-order valence-corrected chi connectivity index (χ4v) is 2.84. The summed E-state index contributed by atoms with van der Waals surface area (Å²) in [7, 11) is 1.41. The minimum absolute atomic E-state index is 0.0200. The zero-order chi connectivity index (χ0) is 13.7. The first-order valence-electron chi connectivity index (χ1n) is 6.11. The van der Waals surface area contributed by atoms with Gasteiger partial charge in [-0.25, -0.2) is 4.39 Å². The molecule has 2 nitrogen and oxygen atoms in total. The second kappa shape index (κ2) is 3.81. The molecule has 1 saturated carbocycles. The van der Waals surface area contributed by atoms with Crippen LogP contribution in [0.25, 0.3) is 0 Å². The van der Waals surface area contributed by atoms with Crippen LogP contribution in [0.1, 0.15) is 38.1 Å². The highest BCUT2D eigenvalue weighted by Gasteiger charge is 2.67. The van der Waals surface area contributed by atoms with Gasteiger partial charge in [0.2, 0.25) is 0 Å². The number of methoxy groups -OCH3 is 1. The number of ketones is 1. The summed E-state index contributed by atoms with van der Waals surface area (Å²) < 4.78 is 18.5. The van der Waals surface area contributed by atoms with E-state index < -0.39 is 5.82 Å². The molecule has 2 rings (SSSR count). The summed E-state index contributed by atoms with van der Waals surface area (Å²) >= 11 is 0. The monoisotopic (exact) mass is 250 g/mol. The average Bonchev–Trinajstić information content (AvgIpc) is 2.68. The van der Waals surface area contributed by atoms with E-state index in [9.17, 15) is 9.18 Å². The topological polar surface area (TPSA) is 26.3 Å². The lowest BCUT2D eigenvalue weighted by atomic mass is 10.0. The van der Waals surface area contributed by atoms with Crippen LogP contribution < -0.4 is 4.74 Å². The van der Waals surface area contributed by atoms with E-state index in [4.69, 9.17) is 4.74 Å². The Morgan fingerprint density at radius 3 is 2.17 bits per heavy atom. The normalized spacial score (nSPS) is 20.6. The molecule has 0 amide bonds. The van der Waals surface area contributed by atoms with Crippen LogP contribution in [0.4, 0.5) is 4.39 Å². The molecular formula is C15H19FO2. The molecule has 0 saturated heterocycles. The van der Waals surface area contributed by atoms with Crippen molar-refractivity contribution in [2.75, 3.05) is 7.11 Å². The highest BCUT2D eigenvalue weighted by atomic mass is 19.1. The van der Waals surface area contributed by atoms with Crippen LogP contribution in [0.15, 0.2) is 18.2 Å². The average molecular weight is 250 g/mol. The summed E-state index contributed by atoms with van der Waals surface area (Å²) in [6.07, 6.45) is 0. The van der Waals surface area contributed by atoms with Crippen molar-refractivity contribution in [3.63, 3.8) is 0 Å². The maximum Gasteiger partial charge on any atom is 0.167 e. The lowest BCUT2D eigenvalue weighted by Gasteiger charge is -2.05. The number of rotatable bonds is 3. The van der Waals surface area contributed by atoms with Crippen molar-refractivity contribution >= 4 is 5.78 Å². The van der Waals surface area contributed by atoms with Crippen molar-refractivity contribution < 1.29 is 13.9 Å². The van der Waals surface area contributed by atoms with Gasteiger partial charge in [0.05, 0.1) is 7.11 Å². The molecule has 0 aromatic heterocycles. The highest BCUT2D eigenvalue weighted by molar-refractivity contribution is 6.01. The van der Waals surface area contributed by atoms with Crippen molar-refractivity contribution in [1.82, 2.24) is 0 Å². The van der Waals surface area contributed by atoms with Gasteiger partial charge in [0.15, 0.2) is 17.3 Å². The maximum absolute atomic E-state index is 13.6. The van der Waals surface area contributed by atoms with Gasteiger partial charge in [-0.3, -0.25) is 4.79 Å². The van der Waals surface area contributed by atoms with Gasteiger partial charge >= 0.3 is 0 Å². The molecule has 0 aliphatic heterocycles. The maximum atomic E-state index is 13.6. The highest BCUT2D eigenvalue weighted by Crippen LogP contribution is 2.69. The first-order valence-corrected chi connectivity index (χ1v) is 6.11. The number of benzene rings is 1. The summed E-state index contributed by atoms with van der Waals surface area (Å²) in [6.45, 7) is 8.32. The number of carbonyl (C=O) groups excluding carboxylic acids is 1. The zero-order valence-corrected chi connectivity index (χ0v) is 11.5. The SMILES string of the molecule is COc1ccc(C(=O)C2C(C)(C)C2(C)C)cc1F. The van der Waals surface area contributed by atoms with Gasteiger partial charge in [0, 0.05) is 11.5 Å². The molecule has 1 aromatic rings. The summed E-state index contributed by atoms with van der Waals surface area (Å²) in [4.78, 5) is 12.4. The molecule has 0 radical (unpaired) electrons. The number of carbonyl (C=O) groups is 1.